The highest BCUT2D eigenvalue weighted by atomic mass is 19.1. The molecular weight excluding hydrogens is 411 g/mol. The molecule has 0 aliphatic heterocycles. The Morgan fingerprint density at radius 1 is 0.848 bits per heavy atom. The lowest BCUT2D eigenvalue weighted by molar-refractivity contribution is 0.0734. The molecule has 0 radical (unpaired) electrons. The van der Waals surface area contributed by atoms with Gasteiger partial charge in [0, 0.05) is 23.6 Å². The number of aryl methyl sites for hydroxylation is 1. The zero-order chi connectivity index (χ0) is 23.5. The van der Waals surface area contributed by atoms with Crippen LogP contribution in [-0.2, 0) is 6.42 Å². The maximum Gasteiger partial charge on any atom is 0.343 e. The van der Waals surface area contributed by atoms with E-state index in [1.165, 1.54) is 17.7 Å². The van der Waals surface area contributed by atoms with E-state index >= 15 is 0 Å². The molecule has 0 unspecified atom stereocenters. The van der Waals surface area contributed by atoms with Gasteiger partial charge in [-0.05, 0) is 73.4 Å². The molecule has 0 N–H and O–H groups in total. The van der Waals surface area contributed by atoms with E-state index < -0.39 is 11.8 Å². The third-order valence-corrected chi connectivity index (χ3v) is 4.99. The molecule has 2 nitrogen and oxygen atoms in total. The van der Waals surface area contributed by atoms with E-state index in [9.17, 15) is 9.18 Å². The van der Waals surface area contributed by atoms with Crippen molar-refractivity contribution in [1.29, 1.82) is 0 Å². The molecule has 0 aliphatic rings. The molecular formula is C30H27FO2. The summed E-state index contributed by atoms with van der Waals surface area (Å²) in [7, 11) is 0. The number of rotatable bonds is 6. The van der Waals surface area contributed by atoms with E-state index in [1.54, 1.807) is 18.2 Å². The maximum absolute atomic E-state index is 14.5. The number of hydrogen-bond donors (Lipinski definition) is 0. The second kappa shape index (κ2) is 12.3. The van der Waals surface area contributed by atoms with Gasteiger partial charge in [-0.15, -0.1) is 0 Å². The first-order valence-electron chi connectivity index (χ1n) is 11.3. The number of carbonyl (C=O) groups excluding carboxylic acids is 1. The van der Waals surface area contributed by atoms with Crippen LogP contribution in [-0.4, -0.2) is 5.97 Å². The van der Waals surface area contributed by atoms with Crippen molar-refractivity contribution in [3.63, 3.8) is 0 Å². The van der Waals surface area contributed by atoms with Gasteiger partial charge in [0.25, 0.3) is 0 Å². The highest BCUT2D eigenvalue weighted by Crippen LogP contribution is 2.18. The minimum atomic E-state index is -0.537. The molecule has 0 atom stereocenters. The number of halogens is 1. The van der Waals surface area contributed by atoms with Crippen LogP contribution in [0.3, 0.4) is 0 Å². The topological polar surface area (TPSA) is 26.3 Å². The number of benzene rings is 3. The number of hydrogen-bond acceptors (Lipinski definition) is 2. The molecule has 166 valence electrons. The molecule has 0 amide bonds. The van der Waals surface area contributed by atoms with Crippen LogP contribution in [0.4, 0.5) is 4.39 Å². The van der Waals surface area contributed by atoms with Crippen LogP contribution in [0.1, 0.15) is 72.1 Å². The molecule has 0 aromatic heterocycles. The molecule has 33 heavy (non-hydrogen) atoms. The lowest BCUT2D eigenvalue weighted by Crippen LogP contribution is -2.08. The van der Waals surface area contributed by atoms with Crippen LogP contribution in [0.5, 0.6) is 5.75 Å². The van der Waals surface area contributed by atoms with Crippen molar-refractivity contribution in [3.8, 4) is 29.4 Å². The first kappa shape index (κ1) is 23.8. The Morgan fingerprint density at radius 2 is 1.55 bits per heavy atom. The normalized spacial score (nSPS) is 9.91. The third-order valence-electron chi connectivity index (χ3n) is 4.99. The fraction of sp³-hybridized carbons (Fsp3) is 0.233. The molecule has 3 rings (SSSR count). The fourth-order valence-corrected chi connectivity index (χ4v) is 3.08. The van der Waals surface area contributed by atoms with Crippen LogP contribution in [0, 0.1) is 29.5 Å². The Morgan fingerprint density at radius 3 is 2.18 bits per heavy atom. The molecule has 0 saturated heterocycles. The summed E-state index contributed by atoms with van der Waals surface area (Å²) in [5.41, 5.74) is 3.56. The summed E-state index contributed by atoms with van der Waals surface area (Å²) in [5, 5.41) is 0. The number of esters is 1. The Balaban J connectivity index is 1.63. The first-order valence-corrected chi connectivity index (χ1v) is 11.3. The summed E-state index contributed by atoms with van der Waals surface area (Å²) in [6, 6.07) is 19.1. The van der Waals surface area contributed by atoms with Crippen molar-refractivity contribution in [2.75, 3.05) is 0 Å². The second-order valence-electron chi connectivity index (χ2n) is 7.71. The van der Waals surface area contributed by atoms with Gasteiger partial charge in [-0.1, -0.05) is 56.1 Å². The predicted octanol–water partition coefficient (Wildman–Crippen LogP) is 6.94. The Bertz CT molecular complexity index is 1200. The van der Waals surface area contributed by atoms with Gasteiger partial charge in [-0.3, -0.25) is 0 Å². The van der Waals surface area contributed by atoms with Crippen molar-refractivity contribution < 1.29 is 13.9 Å². The lowest BCUT2D eigenvalue weighted by Gasteiger charge is -2.06. The smallest absolute Gasteiger partial charge is 0.343 e. The summed E-state index contributed by atoms with van der Waals surface area (Å²) in [4.78, 5) is 12.4. The molecule has 3 aromatic rings. The Kier molecular flexibility index (Phi) is 8.87. The van der Waals surface area contributed by atoms with Gasteiger partial charge >= 0.3 is 5.97 Å². The van der Waals surface area contributed by atoms with Crippen molar-refractivity contribution in [1.82, 2.24) is 0 Å². The predicted molar refractivity (Wildman–Crippen MR) is 131 cm³/mol. The van der Waals surface area contributed by atoms with Gasteiger partial charge < -0.3 is 4.74 Å². The van der Waals surface area contributed by atoms with Crippen LogP contribution < -0.4 is 4.74 Å². The van der Waals surface area contributed by atoms with E-state index in [1.807, 2.05) is 36.4 Å². The van der Waals surface area contributed by atoms with E-state index in [4.69, 9.17) is 4.74 Å². The molecule has 3 heteroatoms. The minimum Gasteiger partial charge on any atom is -0.423 e. The number of ether oxygens (including phenoxy) is 1. The van der Waals surface area contributed by atoms with E-state index in [2.05, 4.69) is 37.5 Å². The average Bonchev–Trinajstić information content (AvgIpc) is 2.83. The van der Waals surface area contributed by atoms with Crippen molar-refractivity contribution in [2.45, 2.75) is 46.0 Å². The second-order valence-corrected chi connectivity index (χ2v) is 7.71. The SMILES string of the molecule is CCCC#Cc1ccc(C#Cc2ccc(OC(=O)c3ccc(CCCC)cc3)cc2F)cc1. The molecule has 0 fully saturated rings. The zero-order valence-corrected chi connectivity index (χ0v) is 19.1. The summed E-state index contributed by atoms with van der Waals surface area (Å²) in [6.45, 7) is 4.24. The standard InChI is InChI=1S/C30H27FO2/c1-3-5-7-9-24-10-12-25(13-11-24)14-17-26-20-21-28(22-29(26)31)33-30(32)27-18-15-23(16-19-27)8-6-4-2/h10-13,15-16,18-22H,3-6,8H2,1-2H3. The van der Waals surface area contributed by atoms with E-state index in [0.717, 1.165) is 43.2 Å². The number of unbranched alkanes of at least 4 members (excludes halogenated alkanes) is 2. The fourth-order valence-electron chi connectivity index (χ4n) is 3.08. The first-order chi connectivity index (χ1) is 16.1. The van der Waals surface area contributed by atoms with Gasteiger partial charge in [-0.25, -0.2) is 9.18 Å². The van der Waals surface area contributed by atoms with Crippen molar-refractivity contribution in [3.05, 3.63) is 100 Å². The Labute approximate surface area is 195 Å². The molecule has 0 spiro atoms. The van der Waals surface area contributed by atoms with Crippen molar-refractivity contribution >= 4 is 5.97 Å². The van der Waals surface area contributed by atoms with Gasteiger partial charge in [-0.2, -0.15) is 0 Å². The molecule has 0 saturated carbocycles. The molecule has 0 heterocycles. The van der Waals surface area contributed by atoms with Crippen molar-refractivity contribution in [2.24, 2.45) is 0 Å². The quantitative estimate of drug-likeness (QED) is 0.237. The van der Waals surface area contributed by atoms with Crippen LogP contribution >= 0.6 is 0 Å². The summed E-state index contributed by atoms with van der Waals surface area (Å²) in [5.74, 6) is 11.1. The summed E-state index contributed by atoms with van der Waals surface area (Å²) >= 11 is 0. The maximum atomic E-state index is 14.5. The minimum absolute atomic E-state index is 0.146. The third kappa shape index (κ3) is 7.37. The lowest BCUT2D eigenvalue weighted by atomic mass is 10.1. The molecule has 0 aliphatic carbocycles. The highest BCUT2D eigenvalue weighted by Gasteiger charge is 2.10. The van der Waals surface area contributed by atoms with Crippen LogP contribution in [0.25, 0.3) is 0 Å². The van der Waals surface area contributed by atoms with Gasteiger partial charge in [0.2, 0.25) is 0 Å². The molecule has 0 bridgehead atoms. The van der Waals surface area contributed by atoms with Gasteiger partial charge in [0.15, 0.2) is 0 Å². The summed E-state index contributed by atoms with van der Waals surface area (Å²) < 4.78 is 19.8. The number of carbonyl (C=O) groups is 1. The van der Waals surface area contributed by atoms with Crippen LogP contribution in [0.2, 0.25) is 0 Å². The molecule has 3 aromatic carbocycles. The van der Waals surface area contributed by atoms with E-state index in [0.29, 0.717) is 5.56 Å². The van der Waals surface area contributed by atoms with Gasteiger partial charge in [0.1, 0.15) is 11.6 Å². The van der Waals surface area contributed by atoms with Crippen LogP contribution in [0.15, 0.2) is 66.7 Å². The monoisotopic (exact) mass is 438 g/mol. The average molecular weight is 439 g/mol. The Hall–Kier alpha value is -3.82. The summed E-state index contributed by atoms with van der Waals surface area (Å²) in [6.07, 6.45) is 5.12. The largest absolute Gasteiger partial charge is 0.423 e. The van der Waals surface area contributed by atoms with E-state index in [-0.39, 0.29) is 11.3 Å². The van der Waals surface area contributed by atoms with Gasteiger partial charge in [0.05, 0.1) is 11.1 Å². The highest BCUT2D eigenvalue weighted by molar-refractivity contribution is 5.91. The zero-order valence-electron chi connectivity index (χ0n) is 19.1.